The maximum atomic E-state index is 11.8. The Balaban J connectivity index is 1.90. The molecule has 1 amide bonds. The third kappa shape index (κ3) is 4.25. The molecule has 0 aromatic heterocycles. The van der Waals surface area contributed by atoms with Gasteiger partial charge < -0.3 is 15.8 Å². The van der Waals surface area contributed by atoms with Gasteiger partial charge in [0.2, 0.25) is 0 Å². The number of nitrogens with one attached hydrogen (secondary N) is 1. The van der Waals surface area contributed by atoms with Gasteiger partial charge in [-0.1, -0.05) is 31.9 Å². The quantitative estimate of drug-likeness (QED) is 0.768. The first-order valence-electron chi connectivity index (χ1n) is 5.78. The molecule has 0 aliphatic rings. The molecule has 0 atom stereocenters. The molecular weight excluding hydrogens is 388 g/mol. The summed E-state index contributed by atoms with van der Waals surface area (Å²) in [4.78, 5) is 11.8. The van der Waals surface area contributed by atoms with Crippen molar-refractivity contribution in [2.75, 3.05) is 17.7 Å². The fraction of sp³-hybridized carbons (Fsp3) is 0.0714. The van der Waals surface area contributed by atoms with Crippen LogP contribution in [0.1, 0.15) is 0 Å². The van der Waals surface area contributed by atoms with Gasteiger partial charge in [-0.15, -0.1) is 0 Å². The first-order valence-corrected chi connectivity index (χ1v) is 7.36. The zero-order valence-corrected chi connectivity index (χ0v) is 13.6. The van der Waals surface area contributed by atoms with Crippen molar-refractivity contribution in [2.45, 2.75) is 0 Å². The van der Waals surface area contributed by atoms with Gasteiger partial charge in [-0.05, 0) is 42.5 Å². The summed E-state index contributed by atoms with van der Waals surface area (Å²) in [6.45, 7) is -0.0953. The fourth-order valence-corrected chi connectivity index (χ4v) is 2.17. The van der Waals surface area contributed by atoms with Crippen LogP contribution < -0.4 is 15.8 Å². The predicted molar refractivity (Wildman–Crippen MR) is 86.8 cm³/mol. The molecule has 0 saturated heterocycles. The molecule has 0 heterocycles. The molecule has 2 aromatic rings. The summed E-state index contributed by atoms with van der Waals surface area (Å²) in [6, 6.07) is 12.5. The molecule has 0 fully saturated rings. The van der Waals surface area contributed by atoms with Gasteiger partial charge in [0.15, 0.2) is 6.61 Å². The van der Waals surface area contributed by atoms with Crippen molar-refractivity contribution in [3.05, 3.63) is 51.4 Å². The number of hydrogen-bond acceptors (Lipinski definition) is 3. The fourth-order valence-electron chi connectivity index (χ4n) is 1.52. The standard InChI is InChI=1S/C14H12Br2N2O2/c15-9-1-4-11(5-2-9)18-14(19)8-20-13-6-3-10(16)7-12(13)17/h1-7H,8,17H2,(H,18,19). The van der Waals surface area contributed by atoms with Gasteiger partial charge in [0.25, 0.3) is 5.91 Å². The molecule has 2 rings (SSSR count). The van der Waals surface area contributed by atoms with Crippen LogP contribution in [0, 0.1) is 0 Å². The van der Waals surface area contributed by atoms with Crippen molar-refractivity contribution in [1.82, 2.24) is 0 Å². The SMILES string of the molecule is Nc1cc(Br)ccc1OCC(=O)Nc1ccc(Br)cc1. The van der Waals surface area contributed by atoms with E-state index in [0.29, 0.717) is 17.1 Å². The van der Waals surface area contributed by atoms with Gasteiger partial charge in [-0.2, -0.15) is 0 Å². The lowest BCUT2D eigenvalue weighted by Crippen LogP contribution is -2.20. The van der Waals surface area contributed by atoms with Gasteiger partial charge in [-0.25, -0.2) is 0 Å². The second-order valence-electron chi connectivity index (χ2n) is 4.03. The summed E-state index contributed by atoms with van der Waals surface area (Å²) in [5, 5.41) is 2.74. The lowest BCUT2D eigenvalue weighted by molar-refractivity contribution is -0.118. The Bertz CT molecular complexity index is 615. The van der Waals surface area contributed by atoms with Crippen molar-refractivity contribution < 1.29 is 9.53 Å². The third-order valence-corrected chi connectivity index (χ3v) is 3.48. The maximum absolute atomic E-state index is 11.8. The summed E-state index contributed by atoms with van der Waals surface area (Å²) in [6.07, 6.45) is 0. The van der Waals surface area contributed by atoms with Crippen LogP contribution in [-0.4, -0.2) is 12.5 Å². The van der Waals surface area contributed by atoms with Gasteiger partial charge >= 0.3 is 0 Å². The van der Waals surface area contributed by atoms with Crippen LogP contribution in [-0.2, 0) is 4.79 Å². The van der Waals surface area contributed by atoms with E-state index >= 15 is 0 Å². The summed E-state index contributed by atoms with van der Waals surface area (Å²) in [7, 11) is 0. The largest absolute Gasteiger partial charge is 0.482 e. The highest BCUT2D eigenvalue weighted by Crippen LogP contribution is 2.25. The number of amides is 1. The van der Waals surface area contributed by atoms with Crippen LogP contribution in [0.15, 0.2) is 51.4 Å². The van der Waals surface area contributed by atoms with E-state index in [0.717, 1.165) is 8.95 Å². The smallest absolute Gasteiger partial charge is 0.262 e. The number of nitrogens with two attached hydrogens (primary N) is 1. The Hall–Kier alpha value is -1.53. The van der Waals surface area contributed by atoms with E-state index in [1.165, 1.54) is 0 Å². The predicted octanol–water partition coefficient (Wildman–Crippen LogP) is 3.81. The highest BCUT2D eigenvalue weighted by molar-refractivity contribution is 9.10. The van der Waals surface area contributed by atoms with Gasteiger partial charge in [-0.3, -0.25) is 4.79 Å². The molecule has 20 heavy (non-hydrogen) atoms. The second kappa shape index (κ2) is 6.76. The molecule has 0 aliphatic carbocycles. The number of nitrogen functional groups attached to an aromatic ring is 1. The highest BCUT2D eigenvalue weighted by Gasteiger charge is 2.06. The molecule has 0 saturated carbocycles. The highest BCUT2D eigenvalue weighted by atomic mass is 79.9. The van der Waals surface area contributed by atoms with Crippen molar-refractivity contribution in [2.24, 2.45) is 0 Å². The molecule has 0 aliphatic heterocycles. The molecule has 3 N–H and O–H groups in total. The zero-order valence-electron chi connectivity index (χ0n) is 10.4. The molecule has 0 spiro atoms. The summed E-state index contributed by atoms with van der Waals surface area (Å²) >= 11 is 6.64. The normalized spacial score (nSPS) is 10.1. The third-order valence-electron chi connectivity index (χ3n) is 2.46. The Labute approximate surface area is 133 Å². The van der Waals surface area contributed by atoms with Crippen LogP contribution in [0.3, 0.4) is 0 Å². The van der Waals surface area contributed by atoms with E-state index in [2.05, 4.69) is 37.2 Å². The molecule has 0 unspecified atom stereocenters. The zero-order chi connectivity index (χ0) is 14.5. The number of ether oxygens (including phenoxy) is 1. The minimum absolute atomic E-state index is 0.0953. The monoisotopic (exact) mass is 398 g/mol. The van der Waals surface area contributed by atoms with E-state index in [1.807, 2.05) is 12.1 Å². The number of benzene rings is 2. The number of carbonyl (C=O) groups is 1. The van der Waals surface area contributed by atoms with Crippen LogP contribution >= 0.6 is 31.9 Å². The molecule has 104 valence electrons. The lowest BCUT2D eigenvalue weighted by atomic mass is 10.3. The Kier molecular flexibility index (Phi) is 5.03. The van der Waals surface area contributed by atoms with Crippen molar-refractivity contribution in [3.8, 4) is 5.75 Å². The van der Waals surface area contributed by atoms with Crippen LogP contribution in [0.4, 0.5) is 11.4 Å². The van der Waals surface area contributed by atoms with E-state index in [4.69, 9.17) is 10.5 Å². The van der Waals surface area contributed by atoms with E-state index in [9.17, 15) is 4.79 Å². The Morgan fingerprint density at radius 3 is 2.40 bits per heavy atom. The first kappa shape index (κ1) is 14.9. The average molecular weight is 400 g/mol. The van der Waals surface area contributed by atoms with Crippen LogP contribution in [0.5, 0.6) is 5.75 Å². The molecule has 0 bridgehead atoms. The van der Waals surface area contributed by atoms with E-state index in [1.54, 1.807) is 30.3 Å². The number of carbonyl (C=O) groups excluding carboxylic acids is 1. The first-order chi connectivity index (χ1) is 9.54. The number of hydrogen-bond donors (Lipinski definition) is 2. The summed E-state index contributed by atoms with van der Waals surface area (Å²) in [5.41, 5.74) is 6.98. The Morgan fingerprint density at radius 2 is 1.75 bits per heavy atom. The van der Waals surface area contributed by atoms with Gasteiger partial charge in [0.05, 0.1) is 5.69 Å². The number of halogens is 2. The van der Waals surface area contributed by atoms with Crippen LogP contribution in [0.2, 0.25) is 0 Å². The number of anilines is 2. The minimum atomic E-state index is -0.241. The Morgan fingerprint density at radius 1 is 1.10 bits per heavy atom. The molecule has 2 aromatic carbocycles. The second-order valence-corrected chi connectivity index (χ2v) is 5.86. The minimum Gasteiger partial charge on any atom is -0.482 e. The molecule has 0 radical (unpaired) electrons. The lowest BCUT2D eigenvalue weighted by Gasteiger charge is -2.09. The molecule has 4 nitrogen and oxygen atoms in total. The molecular formula is C14H12Br2N2O2. The van der Waals surface area contributed by atoms with Crippen molar-refractivity contribution in [1.29, 1.82) is 0 Å². The molecule has 6 heteroatoms. The van der Waals surface area contributed by atoms with Crippen molar-refractivity contribution in [3.63, 3.8) is 0 Å². The van der Waals surface area contributed by atoms with Gasteiger partial charge in [0, 0.05) is 14.6 Å². The number of rotatable bonds is 4. The van der Waals surface area contributed by atoms with Gasteiger partial charge in [0.1, 0.15) is 5.75 Å². The van der Waals surface area contributed by atoms with Crippen molar-refractivity contribution >= 4 is 49.1 Å². The topological polar surface area (TPSA) is 64.3 Å². The average Bonchev–Trinajstić information content (AvgIpc) is 2.40. The maximum Gasteiger partial charge on any atom is 0.262 e. The van der Waals surface area contributed by atoms with E-state index < -0.39 is 0 Å². The summed E-state index contributed by atoms with van der Waals surface area (Å²) in [5.74, 6) is 0.244. The summed E-state index contributed by atoms with van der Waals surface area (Å²) < 4.78 is 7.20. The van der Waals surface area contributed by atoms with E-state index in [-0.39, 0.29) is 12.5 Å². The van der Waals surface area contributed by atoms with Crippen LogP contribution in [0.25, 0.3) is 0 Å².